The zero-order valence-electron chi connectivity index (χ0n) is 11.2. The van der Waals surface area contributed by atoms with Gasteiger partial charge < -0.3 is 10.4 Å². The maximum Gasteiger partial charge on any atom is 0.420 e. The van der Waals surface area contributed by atoms with Gasteiger partial charge >= 0.3 is 6.18 Å². The number of rotatable bonds is 4. The number of hydrogen-bond donors (Lipinski definition) is 2. The van der Waals surface area contributed by atoms with Crippen molar-refractivity contribution in [1.29, 1.82) is 0 Å². The number of carbonyl (C=O) groups is 2. The molecule has 1 aromatic rings. The highest BCUT2D eigenvalue weighted by atomic mass is 79.9. The van der Waals surface area contributed by atoms with Gasteiger partial charge in [0, 0.05) is 6.08 Å². The maximum atomic E-state index is 13.4. The number of anilines is 1. The topological polar surface area (TPSA) is 69.6 Å². The summed E-state index contributed by atoms with van der Waals surface area (Å²) in [5.41, 5.74) is -2.02. The van der Waals surface area contributed by atoms with Crippen LogP contribution in [-0.4, -0.2) is 35.0 Å². The van der Waals surface area contributed by atoms with Crippen LogP contribution >= 0.6 is 15.9 Å². The molecule has 0 aliphatic carbocycles. The SMILES string of the molecule is O=C1C=C(Nc2ccc(F)c(C(F)(F)F)c2Br)C(=O)N1CCO. The third kappa shape index (κ3) is 3.37. The fourth-order valence-electron chi connectivity index (χ4n) is 1.96. The summed E-state index contributed by atoms with van der Waals surface area (Å²) in [4.78, 5) is 24.2. The zero-order valence-corrected chi connectivity index (χ0v) is 12.8. The van der Waals surface area contributed by atoms with Crippen molar-refractivity contribution in [1.82, 2.24) is 4.90 Å². The molecule has 0 spiro atoms. The summed E-state index contributed by atoms with van der Waals surface area (Å²) in [6.07, 6.45) is -4.05. The number of nitrogens with one attached hydrogen (secondary N) is 1. The van der Waals surface area contributed by atoms with Crippen molar-refractivity contribution in [2.75, 3.05) is 18.5 Å². The van der Waals surface area contributed by atoms with Crippen molar-refractivity contribution in [3.8, 4) is 0 Å². The average Bonchev–Trinajstić information content (AvgIpc) is 2.69. The molecule has 0 saturated heterocycles. The molecular weight excluding hydrogens is 388 g/mol. The van der Waals surface area contributed by atoms with E-state index in [0.717, 1.165) is 17.0 Å². The molecule has 0 aromatic heterocycles. The van der Waals surface area contributed by atoms with Gasteiger partial charge in [-0.3, -0.25) is 14.5 Å². The van der Waals surface area contributed by atoms with Crippen LogP contribution in [0.4, 0.5) is 23.2 Å². The minimum Gasteiger partial charge on any atom is -0.395 e. The number of aliphatic hydroxyl groups is 1. The molecule has 1 aliphatic rings. The molecule has 1 aliphatic heterocycles. The van der Waals surface area contributed by atoms with Gasteiger partial charge in [0.2, 0.25) is 0 Å². The highest BCUT2D eigenvalue weighted by Crippen LogP contribution is 2.40. The van der Waals surface area contributed by atoms with E-state index in [1.807, 2.05) is 0 Å². The molecule has 1 aromatic carbocycles. The number of carbonyl (C=O) groups excluding carboxylic acids is 2. The molecule has 23 heavy (non-hydrogen) atoms. The van der Waals surface area contributed by atoms with E-state index >= 15 is 0 Å². The molecule has 10 heteroatoms. The average molecular weight is 397 g/mol. The summed E-state index contributed by atoms with van der Waals surface area (Å²) < 4.78 is 51.3. The lowest BCUT2D eigenvalue weighted by atomic mass is 10.1. The second-order valence-corrected chi connectivity index (χ2v) is 5.28. The third-order valence-corrected chi connectivity index (χ3v) is 3.80. The summed E-state index contributed by atoms with van der Waals surface area (Å²) in [5, 5.41) is 11.1. The standard InChI is InChI=1S/C13H9BrF4N2O3/c14-11-7(2-1-6(15)10(11)13(16,17)18)19-8-5-9(22)20(3-4-21)12(8)23/h1-2,5,19,21H,3-4H2. The lowest BCUT2D eigenvalue weighted by Gasteiger charge is -2.16. The van der Waals surface area contributed by atoms with Crippen LogP contribution in [0.3, 0.4) is 0 Å². The van der Waals surface area contributed by atoms with Gasteiger partial charge in [0.25, 0.3) is 11.8 Å². The molecular formula is C13H9BrF4N2O3. The number of halogens is 5. The van der Waals surface area contributed by atoms with Crippen LogP contribution in [0.25, 0.3) is 0 Å². The minimum atomic E-state index is -4.94. The fourth-order valence-corrected chi connectivity index (χ4v) is 2.61. The number of alkyl halides is 3. The maximum absolute atomic E-state index is 13.4. The van der Waals surface area contributed by atoms with E-state index in [1.54, 1.807) is 0 Å². The van der Waals surface area contributed by atoms with E-state index in [2.05, 4.69) is 21.2 Å². The van der Waals surface area contributed by atoms with Gasteiger partial charge in [0.1, 0.15) is 17.1 Å². The molecule has 0 radical (unpaired) electrons. The molecule has 0 bridgehead atoms. The molecule has 124 valence electrons. The first-order chi connectivity index (χ1) is 10.7. The first-order valence-corrected chi connectivity index (χ1v) is 6.96. The van der Waals surface area contributed by atoms with Crippen molar-refractivity contribution in [2.45, 2.75) is 6.18 Å². The van der Waals surface area contributed by atoms with Crippen LogP contribution in [0.15, 0.2) is 28.4 Å². The summed E-state index contributed by atoms with van der Waals surface area (Å²) in [6, 6.07) is 1.60. The van der Waals surface area contributed by atoms with E-state index in [-0.39, 0.29) is 17.9 Å². The van der Waals surface area contributed by atoms with E-state index in [0.29, 0.717) is 6.07 Å². The van der Waals surface area contributed by atoms with Crippen molar-refractivity contribution < 1.29 is 32.3 Å². The molecule has 5 nitrogen and oxygen atoms in total. The van der Waals surface area contributed by atoms with E-state index in [9.17, 15) is 27.2 Å². The van der Waals surface area contributed by atoms with Crippen LogP contribution in [0.5, 0.6) is 0 Å². The summed E-state index contributed by atoms with van der Waals surface area (Å²) in [5.74, 6) is -2.98. The predicted molar refractivity (Wildman–Crippen MR) is 74.6 cm³/mol. The van der Waals surface area contributed by atoms with Crippen molar-refractivity contribution in [2.24, 2.45) is 0 Å². The van der Waals surface area contributed by atoms with Gasteiger partial charge in [0.05, 0.1) is 23.3 Å². The quantitative estimate of drug-likeness (QED) is 0.604. The van der Waals surface area contributed by atoms with Crippen LogP contribution < -0.4 is 5.32 Å². The van der Waals surface area contributed by atoms with Gasteiger partial charge in [-0.2, -0.15) is 13.2 Å². The Morgan fingerprint density at radius 1 is 1.26 bits per heavy atom. The summed E-state index contributed by atoms with van der Waals surface area (Å²) in [7, 11) is 0. The Balaban J connectivity index is 2.34. The van der Waals surface area contributed by atoms with Crippen LogP contribution in [0, 0.1) is 5.82 Å². The van der Waals surface area contributed by atoms with Gasteiger partial charge in [-0.1, -0.05) is 0 Å². The van der Waals surface area contributed by atoms with Crippen molar-refractivity contribution in [3.05, 3.63) is 39.8 Å². The van der Waals surface area contributed by atoms with Gasteiger partial charge in [-0.05, 0) is 28.1 Å². The van der Waals surface area contributed by atoms with E-state index in [1.165, 1.54) is 0 Å². The zero-order chi connectivity index (χ0) is 17.4. The lowest BCUT2D eigenvalue weighted by Crippen LogP contribution is -2.34. The summed E-state index contributed by atoms with van der Waals surface area (Å²) in [6.45, 7) is -0.686. The second-order valence-electron chi connectivity index (χ2n) is 4.48. The minimum absolute atomic E-state index is 0.225. The lowest BCUT2D eigenvalue weighted by molar-refractivity contribution is -0.140. The van der Waals surface area contributed by atoms with Crippen LogP contribution in [0.1, 0.15) is 5.56 Å². The molecule has 1 heterocycles. The highest BCUT2D eigenvalue weighted by Gasteiger charge is 2.38. The first kappa shape index (κ1) is 17.4. The molecule has 0 unspecified atom stereocenters. The fraction of sp³-hybridized carbons (Fsp3) is 0.231. The molecule has 0 atom stereocenters. The number of β-amino-alcohol motifs (C(OH)–C–C–N with tert-alkyl or cyclic N) is 1. The summed E-state index contributed by atoms with van der Waals surface area (Å²) >= 11 is 2.66. The van der Waals surface area contributed by atoms with E-state index in [4.69, 9.17) is 5.11 Å². The van der Waals surface area contributed by atoms with E-state index < -0.39 is 40.5 Å². The second kappa shape index (κ2) is 6.28. The Morgan fingerprint density at radius 3 is 2.48 bits per heavy atom. The highest BCUT2D eigenvalue weighted by molar-refractivity contribution is 9.10. The van der Waals surface area contributed by atoms with Crippen molar-refractivity contribution >= 4 is 33.4 Å². The first-order valence-electron chi connectivity index (χ1n) is 6.17. The molecule has 2 N–H and O–H groups in total. The molecule has 0 saturated carbocycles. The smallest absolute Gasteiger partial charge is 0.395 e. The largest absolute Gasteiger partial charge is 0.420 e. The Hall–Kier alpha value is -1.94. The van der Waals surface area contributed by atoms with Crippen molar-refractivity contribution in [3.63, 3.8) is 0 Å². The number of hydrogen-bond acceptors (Lipinski definition) is 4. The Kier molecular flexibility index (Phi) is 4.76. The number of imide groups is 1. The molecule has 0 fully saturated rings. The van der Waals surface area contributed by atoms with Crippen LogP contribution in [0.2, 0.25) is 0 Å². The monoisotopic (exact) mass is 396 g/mol. The molecule has 2 amide bonds. The van der Waals surface area contributed by atoms with Gasteiger partial charge in [-0.15, -0.1) is 0 Å². The normalized spacial score (nSPS) is 15.2. The number of amides is 2. The Labute approximate surface area is 135 Å². The Bertz CT molecular complexity index is 703. The number of aliphatic hydroxyl groups excluding tert-OH is 1. The third-order valence-electron chi connectivity index (χ3n) is 2.98. The number of benzene rings is 1. The van der Waals surface area contributed by atoms with Gasteiger partial charge in [-0.25, -0.2) is 4.39 Å². The molecule has 2 rings (SSSR count). The van der Waals surface area contributed by atoms with Crippen LogP contribution in [-0.2, 0) is 15.8 Å². The number of nitrogens with zero attached hydrogens (tertiary/aromatic N) is 1. The predicted octanol–water partition coefficient (Wildman–Crippen LogP) is 2.26. The Morgan fingerprint density at radius 2 is 1.91 bits per heavy atom. The van der Waals surface area contributed by atoms with Gasteiger partial charge in [0.15, 0.2) is 0 Å².